The van der Waals surface area contributed by atoms with Gasteiger partial charge in [-0.05, 0) is 16.9 Å². The summed E-state index contributed by atoms with van der Waals surface area (Å²) < 4.78 is 0. The lowest BCUT2D eigenvalue weighted by Gasteiger charge is -1.87. The fourth-order valence-electron chi connectivity index (χ4n) is 1.20. The highest BCUT2D eigenvalue weighted by Gasteiger charge is 1.80. The van der Waals surface area contributed by atoms with Crippen LogP contribution in [0.25, 0.3) is 12.2 Å². The lowest BCUT2D eigenvalue weighted by Crippen LogP contribution is -2.22. The number of allylic oxidation sites excluding steroid dienone is 1. The Labute approximate surface area is 73.6 Å². The molecule has 0 saturated carbocycles. The van der Waals surface area contributed by atoms with Crippen LogP contribution in [0.3, 0.4) is 0 Å². The summed E-state index contributed by atoms with van der Waals surface area (Å²) in [5, 5.41) is 2.54. The van der Waals surface area contributed by atoms with Gasteiger partial charge in [0.15, 0.2) is 0 Å². The second kappa shape index (κ2) is 4.55. The molecule has 0 aliphatic rings. The van der Waals surface area contributed by atoms with Gasteiger partial charge in [0, 0.05) is 0 Å². The van der Waals surface area contributed by atoms with E-state index in [4.69, 9.17) is 0 Å². The number of hydrogen-bond donors (Lipinski definition) is 0. The van der Waals surface area contributed by atoms with Gasteiger partial charge in [0.1, 0.15) is 0 Å². The normalized spacial score (nSPS) is 13.4. The molecule has 12 heavy (non-hydrogen) atoms. The maximum absolute atomic E-state index is 3.69. The van der Waals surface area contributed by atoms with Crippen LogP contribution < -0.4 is 10.4 Å². The second-order valence-corrected chi connectivity index (χ2v) is 2.64. The van der Waals surface area contributed by atoms with Crippen LogP contribution in [0, 0.1) is 0 Å². The Hall–Kier alpha value is -1.30. The summed E-state index contributed by atoms with van der Waals surface area (Å²) in [6, 6.07) is 8.33. The summed E-state index contributed by atoms with van der Waals surface area (Å²) in [5.41, 5.74) is 0. The molecule has 0 saturated heterocycles. The zero-order valence-corrected chi connectivity index (χ0v) is 7.46. The zero-order valence-electron chi connectivity index (χ0n) is 7.46. The fourth-order valence-corrected chi connectivity index (χ4v) is 1.20. The van der Waals surface area contributed by atoms with Crippen molar-refractivity contribution in [2.45, 2.75) is 13.3 Å². The van der Waals surface area contributed by atoms with Crippen LogP contribution in [0.5, 0.6) is 0 Å². The molecule has 1 aromatic rings. The molecule has 0 heterocycles. The Morgan fingerprint density at radius 2 is 1.92 bits per heavy atom. The minimum Gasteiger partial charge on any atom is -0.0990 e. The van der Waals surface area contributed by atoms with Gasteiger partial charge in [-0.1, -0.05) is 56.0 Å². The molecule has 0 radical (unpaired) electrons. The lowest BCUT2D eigenvalue weighted by molar-refractivity contribution is 1.28. The van der Waals surface area contributed by atoms with E-state index in [1.807, 2.05) is 18.2 Å². The van der Waals surface area contributed by atoms with Crippen LogP contribution in [-0.2, 0) is 0 Å². The first-order valence-corrected chi connectivity index (χ1v) is 4.26. The summed E-state index contributed by atoms with van der Waals surface area (Å²) in [6.45, 7) is 5.83. The molecule has 0 fully saturated rings. The van der Waals surface area contributed by atoms with Gasteiger partial charge in [-0.15, -0.1) is 0 Å². The Morgan fingerprint density at radius 1 is 1.25 bits per heavy atom. The standard InChI is InChI=1S/C12H14/c1-3-7-11-9-5-6-10-12(11)8-4-2/h3,5-10H,1,4H2,2H3/b11-7-,12-8-. The van der Waals surface area contributed by atoms with Crippen molar-refractivity contribution in [2.75, 3.05) is 0 Å². The van der Waals surface area contributed by atoms with E-state index >= 15 is 0 Å². The first kappa shape index (κ1) is 8.79. The van der Waals surface area contributed by atoms with E-state index in [0.717, 1.165) is 6.42 Å². The summed E-state index contributed by atoms with van der Waals surface area (Å²) in [7, 11) is 0. The second-order valence-electron chi connectivity index (χ2n) is 2.64. The van der Waals surface area contributed by atoms with E-state index in [9.17, 15) is 0 Å². The Kier molecular flexibility index (Phi) is 3.34. The SMILES string of the molecule is C=C/C=c1/cccc/c1=C/CC. The Bertz CT molecular complexity index is 358. The highest BCUT2D eigenvalue weighted by atomic mass is 13.8. The van der Waals surface area contributed by atoms with Crippen molar-refractivity contribution in [3.05, 3.63) is 47.4 Å². The molecular formula is C12H14. The summed E-state index contributed by atoms with van der Waals surface area (Å²) in [6.07, 6.45) is 7.14. The molecule has 62 valence electrons. The van der Waals surface area contributed by atoms with Crippen LogP contribution in [-0.4, -0.2) is 0 Å². The van der Waals surface area contributed by atoms with E-state index in [1.165, 1.54) is 10.4 Å². The minimum absolute atomic E-state index is 1.07. The maximum atomic E-state index is 3.69. The van der Waals surface area contributed by atoms with Gasteiger partial charge in [-0.25, -0.2) is 0 Å². The molecule has 0 bridgehead atoms. The molecule has 0 heteroatoms. The monoisotopic (exact) mass is 158 g/mol. The molecule has 0 aromatic heterocycles. The number of hydrogen-bond acceptors (Lipinski definition) is 0. The third-order valence-corrected chi connectivity index (χ3v) is 1.72. The van der Waals surface area contributed by atoms with Gasteiger partial charge in [0.05, 0.1) is 0 Å². The molecule has 0 spiro atoms. The molecule has 1 aromatic carbocycles. The van der Waals surface area contributed by atoms with E-state index in [2.05, 4.69) is 37.8 Å². The van der Waals surface area contributed by atoms with Crippen molar-refractivity contribution in [2.24, 2.45) is 0 Å². The van der Waals surface area contributed by atoms with Crippen LogP contribution in [0.15, 0.2) is 36.9 Å². The van der Waals surface area contributed by atoms with Crippen molar-refractivity contribution in [1.82, 2.24) is 0 Å². The minimum atomic E-state index is 1.07. The van der Waals surface area contributed by atoms with Gasteiger partial charge in [0.25, 0.3) is 0 Å². The van der Waals surface area contributed by atoms with Crippen molar-refractivity contribution >= 4 is 12.2 Å². The van der Waals surface area contributed by atoms with Crippen molar-refractivity contribution in [3.63, 3.8) is 0 Å². The molecule has 0 N–H and O–H groups in total. The Balaban J connectivity index is 3.37. The van der Waals surface area contributed by atoms with Crippen molar-refractivity contribution < 1.29 is 0 Å². The first-order valence-electron chi connectivity index (χ1n) is 4.26. The summed E-state index contributed by atoms with van der Waals surface area (Å²) in [5.74, 6) is 0. The van der Waals surface area contributed by atoms with Gasteiger partial charge in [-0.2, -0.15) is 0 Å². The van der Waals surface area contributed by atoms with Gasteiger partial charge in [0.2, 0.25) is 0 Å². The summed E-state index contributed by atoms with van der Waals surface area (Å²) in [4.78, 5) is 0. The molecular weight excluding hydrogens is 144 g/mol. The topological polar surface area (TPSA) is 0 Å². The fraction of sp³-hybridized carbons (Fsp3) is 0.167. The first-order chi connectivity index (χ1) is 5.88. The molecule has 0 nitrogen and oxygen atoms in total. The van der Waals surface area contributed by atoms with Crippen LogP contribution >= 0.6 is 0 Å². The molecule has 0 unspecified atom stereocenters. The largest absolute Gasteiger partial charge is 0.0990 e. The van der Waals surface area contributed by atoms with E-state index < -0.39 is 0 Å². The number of rotatable bonds is 2. The maximum Gasteiger partial charge on any atom is -0.0187 e. The van der Waals surface area contributed by atoms with Crippen molar-refractivity contribution in [1.29, 1.82) is 0 Å². The number of benzene rings is 1. The predicted octanol–water partition coefficient (Wildman–Crippen LogP) is 1.84. The molecule has 0 amide bonds. The predicted molar refractivity (Wildman–Crippen MR) is 55.1 cm³/mol. The molecule has 1 rings (SSSR count). The quantitative estimate of drug-likeness (QED) is 0.616. The van der Waals surface area contributed by atoms with Gasteiger partial charge in [-0.3, -0.25) is 0 Å². The summed E-state index contributed by atoms with van der Waals surface area (Å²) >= 11 is 0. The lowest BCUT2D eigenvalue weighted by atomic mass is 10.2. The van der Waals surface area contributed by atoms with E-state index in [-0.39, 0.29) is 0 Å². The average molecular weight is 158 g/mol. The van der Waals surface area contributed by atoms with Crippen LogP contribution in [0.2, 0.25) is 0 Å². The van der Waals surface area contributed by atoms with Crippen LogP contribution in [0.1, 0.15) is 13.3 Å². The molecule has 0 aliphatic carbocycles. The Morgan fingerprint density at radius 3 is 2.50 bits per heavy atom. The zero-order chi connectivity index (χ0) is 8.81. The third-order valence-electron chi connectivity index (χ3n) is 1.72. The van der Waals surface area contributed by atoms with Crippen molar-refractivity contribution in [3.8, 4) is 0 Å². The van der Waals surface area contributed by atoms with Gasteiger partial charge >= 0.3 is 0 Å². The van der Waals surface area contributed by atoms with E-state index in [1.54, 1.807) is 0 Å². The van der Waals surface area contributed by atoms with Gasteiger partial charge < -0.3 is 0 Å². The smallest absolute Gasteiger partial charge is 0.0187 e. The molecule has 0 atom stereocenters. The highest BCUT2D eigenvalue weighted by Crippen LogP contribution is 1.77. The van der Waals surface area contributed by atoms with Crippen LogP contribution in [0.4, 0.5) is 0 Å². The van der Waals surface area contributed by atoms with E-state index in [0.29, 0.717) is 0 Å². The average Bonchev–Trinajstić information content (AvgIpc) is 2.09. The highest BCUT2D eigenvalue weighted by molar-refractivity contribution is 5.38. The molecule has 0 aliphatic heterocycles. The third kappa shape index (κ3) is 2.09.